The van der Waals surface area contributed by atoms with E-state index in [0.29, 0.717) is 41.0 Å². The van der Waals surface area contributed by atoms with Gasteiger partial charge in [-0.15, -0.1) is 0 Å². The van der Waals surface area contributed by atoms with Gasteiger partial charge in [0.1, 0.15) is 6.61 Å². The second-order valence-corrected chi connectivity index (χ2v) is 6.39. The Morgan fingerprint density at radius 2 is 1.61 bits per heavy atom. The maximum atomic E-state index is 12.2. The van der Waals surface area contributed by atoms with Gasteiger partial charge in [0, 0.05) is 31.4 Å². The third kappa shape index (κ3) is 7.56. The summed E-state index contributed by atoms with van der Waals surface area (Å²) >= 11 is 0. The van der Waals surface area contributed by atoms with Crippen LogP contribution in [0.4, 0.5) is 18.9 Å². The van der Waals surface area contributed by atoms with Crippen molar-refractivity contribution in [3.05, 3.63) is 47.5 Å². The molecule has 7 nitrogen and oxygen atoms in total. The third-order valence-corrected chi connectivity index (χ3v) is 4.14. The normalized spacial score (nSPS) is 11.8. The summed E-state index contributed by atoms with van der Waals surface area (Å²) in [5, 5.41) is 6.29. The molecule has 2 rings (SSSR count). The van der Waals surface area contributed by atoms with E-state index < -0.39 is 12.8 Å². The number of ether oxygens (including phenoxy) is 4. The molecular weight excluding hydrogens is 415 g/mol. The highest BCUT2D eigenvalue weighted by Crippen LogP contribution is 2.39. The molecule has 0 aliphatic heterocycles. The molecule has 0 aliphatic carbocycles. The number of nitrogens with zero attached hydrogens (tertiary/aromatic N) is 1. The quantitative estimate of drug-likeness (QED) is 0.453. The molecule has 0 aliphatic rings. The summed E-state index contributed by atoms with van der Waals surface area (Å²) in [6.45, 7) is -0.996. The van der Waals surface area contributed by atoms with Crippen LogP contribution >= 0.6 is 0 Å². The Kier molecular flexibility index (Phi) is 8.80. The minimum atomic E-state index is -4.34. The largest absolute Gasteiger partial charge is 0.493 e. The maximum absolute atomic E-state index is 12.2. The molecule has 2 N–H and O–H groups in total. The zero-order chi connectivity index (χ0) is 22.9. The molecule has 0 heterocycles. The number of guanidine groups is 1. The lowest BCUT2D eigenvalue weighted by molar-refractivity contribution is -0.176. The van der Waals surface area contributed by atoms with Crippen LogP contribution in [-0.2, 0) is 17.9 Å². The van der Waals surface area contributed by atoms with Crippen molar-refractivity contribution in [2.75, 3.05) is 40.3 Å². The average Bonchev–Trinajstić information content (AvgIpc) is 2.75. The summed E-state index contributed by atoms with van der Waals surface area (Å²) in [5.74, 6) is 1.94. The van der Waals surface area contributed by atoms with Crippen LogP contribution in [-0.4, -0.2) is 47.1 Å². The Morgan fingerprint density at radius 1 is 0.968 bits per heavy atom. The number of aliphatic imine (C=N–C) groups is 1. The van der Waals surface area contributed by atoms with Crippen LogP contribution < -0.4 is 24.8 Å². The molecule has 0 amide bonds. The number of anilines is 1. The van der Waals surface area contributed by atoms with Crippen molar-refractivity contribution < 1.29 is 32.1 Å². The summed E-state index contributed by atoms with van der Waals surface area (Å²) in [5.41, 5.74) is 2.17. The van der Waals surface area contributed by atoms with Gasteiger partial charge in [-0.05, 0) is 11.1 Å². The fourth-order valence-corrected chi connectivity index (χ4v) is 2.77. The van der Waals surface area contributed by atoms with E-state index in [1.165, 1.54) is 21.3 Å². The molecule has 0 saturated heterocycles. The van der Waals surface area contributed by atoms with Crippen LogP contribution in [0.3, 0.4) is 0 Å². The Hall–Kier alpha value is -3.14. The second-order valence-electron chi connectivity index (χ2n) is 6.39. The predicted octanol–water partition coefficient (Wildman–Crippen LogP) is 3.98. The van der Waals surface area contributed by atoms with E-state index in [4.69, 9.17) is 18.9 Å². The van der Waals surface area contributed by atoms with Crippen molar-refractivity contribution in [1.29, 1.82) is 0 Å². The fraction of sp³-hybridized carbons (Fsp3) is 0.381. The highest BCUT2D eigenvalue weighted by molar-refractivity contribution is 5.94. The topological polar surface area (TPSA) is 73.3 Å². The highest BCUT2D eigenvalue weighted by atomic mass is 19.4. The molecule has 0 spiro atoms. The van der Waals surface area contributed by atoms with Gasteiger partial charge in [0.2, 0.25) is 5.75 Å². The SMILES string of the molecule is CN=C(NCc1cccc(COCC(F)(F)F)c1)Nc1cc(OC)c(OC)c(OC)c1. The van der Waals surface area contributed by atoms with E-state index in [2.05, 4.69) is 15.6 Å². The number of benzene rings is 2. The minimum absolute atomic E-state index is 0.119. The van der Waals surface area contributed by atoms with Crippen LogP contribution in [0.1, 0.15) is 11.1 Å². The van der Waals surface area contributed by atoms with Gasteiger partial charge in [-0.2, -0.15) is 13.2 Å². The van der Waals surface area contributed by atoms with Gasteiger partial charge in [-0.25, -0.2) is 0 Å². The summed E-state index contributed by atoms with van der Waals surface area (Å²) in [4.78, 5) is 4.18. The van der Waals surface area contributed by atoms with Gasteiger partial charge in [0.15, 0.2) is 17.5 Å². The fourth-order valence-electron chi connectivity index (χ4n) is 2.77. The molecule has 0 radical (unpaired) electrons. The van der Waals surface area contributed by atoms with Crippen LogP contribution in [0.2, 0.25) is 0 Å². The van der Waals surface area contributed by atoms with Crippen molar-refractivity contribution in [1.82, 2.24) is 5.32 Å². The first kappa shape index (κ1) is 24.1. The lowest BCUT2D eigenvalue weighted by atomic mass is 10.1. The third-order valence-electron chi connectivity index (χ3n) is 4.14. The maximum Gasteiger partial charge on any atom is 0.411 e. The molecule has 170 valence electrons. The van der Waals surface area contributed by atoms with Gasteiger partial charge in [-0.3, -0.25) is 4.99 Å². The zero-order valence-corrected chi connectivity index (χ0v) is 17.8. The van der Waals surface area contributed by atoms with E-state index in [9.17, 15) is 13.2 Å². The molecular formula is C21H26F3N3O4. The monoisotopic (exact) mass is 441 g/mol. The van der Waals surface area contributed by atoms with Crippen molar-refractivity contribution in [2.24, 2.45) is 4.99 Å². The Morgan fingerprint density at radius 3 is 2.16 bits per heavy atom. The van der Waals surface area contributed by atoms with Crippen molar-refractivity contribution in [3.8, 4) is 17.2 Å². The van der Waals surface area contributed by atoms with E-state index in [1.807, 2.05) is 6.07 Å². The average molecular weight is 441 g/mol. The van der Waals surface area contributed by atoms with Gasteiger partial charge in [-0.1, -0.05) is 24.3 Å². The number of methoxy groups -OCH3 is 3. The number of rotatable bonds is 9. The minimum Gasteiger partial charge on any atom is -0.493 e. The Bertz CT molecular complexity index is 863. The first-order chi connectivity index (χ1) is 14.8. The van der Waals surface area contributed by atoms with Crippen LogP contribution in [0.15, 0.2) is 41.4 Å². The number of nitrogens with one attached hydrogen (secondary N) is 2. The van der Waals surface area contributed by atoms with Gasteiger partial charge < -0.3 is 29.6 Å². The van der Waals surface area contributed by atoms with Crippen LogP contribution in [0, 0.1) is 0 Å². The molecule has 0 bridgehead atoms. The first-order valence-corrected chi connectivity index (χ1v) is 9.29. The standard InChI is InChI=1S/C21H26F3N3O4/c1-25-20(27-16-9-17(28-2)19(30-4)18(10-16)29-3)26-11-14-6-5-7-15(8-14)12-31-13-21(22,23)24/h5-10H,11-13H2,1-4H3,(H2,25,26,27). The molecule has 2 aromatic carbocycles. The molecule has 0 fully saturated rings. The summed E-state index contributed by atoms with van der Waals surface area (Å²) < 4.78 is 57.4. The summed E-state index contributed by atoms with van der Waals surface area (Å²) in [6.07, 6.45) is -4.34. The van der Waals surface area contributed by atoms with Crippen LogP contribution in [0.5, 0.6) is 17.2 Å². The Labute approximate surface area is 179 Å². The predicted molar refractivity (Wildman–Crippen MR) is 112 cm³/mol. The molecule has 31 heavy (non-hydrogen) atoms. The molecule has 0 atom stereocenters. The van der Waals surface area contributed by atoms with Crippen molar-refractivity contribution in [3.63, 3.8) is 0 Å². The summed E-state index contributed by atoms with van der Waals surface area (Å²) in [7, 11) is 6.20. The number of alkyl halides is 3. The smallest absolute Gasteiger partial charge is 0.411 e. The number of hydrogen-bond acceptors (Lipinski definition) is 5. The molecule has 0 saturated carbocycles. The lowest BCUT2D eigenvalue weighted by Crippen LogP contribution is -2.30. The van der Waals surface area contributed by atoms with E-state index in [1.54, 1.807) is 37.4 Å². The van der Waals surface area contributed by atoms with E-state index in [-0.39, 0.29) is 6.61 Å². The second kappa shape index (κ2) is 11.3. The van der Waals surface area contributed by atoms with Crippen molar-refractivity contribution >= 4 is 11.6 Å². The zero-order valence-electron chi connectivity index (χ0n) is 17.8. The lowest BCUT2D eigenvalue weighted by Gasteiger charge is -2.16. The number of halogens is 3. The highest BCUT2D eigenvalue weighted by Gasteiger charge is 2.27. The van der Waals surface area contributed by atoms with E-state index in [0.717, 1.165) is 5.56 Å². The van der Waals surface area contributed by atoms with Gasteiger partial charge >= 0.3 is 6.18 Å². The first-order valence-electron chi connectivity index (χ1n) is 9.29. The summed E-state index contributed by atoms with van der Waals surface area (Å²) in [6, 6.07) is 10.6. The Balaban J connectivity index is 2.01. The van der Waals surface area contributed by atoms with Crippen molar-refractivity contribution in [2.45, 2.75) is 19.3 Å². The molecule has 0 unspecified atom stereocenters. The molecule has 10 heteroatoms. The van der Waals surface area contributed by atoms with E-state index >= 15 is 0 Å². The molecule has 0 aromatic heterocycles. The van der Waals surface area contributed by atoms with Gasteiger partial charge in [0.25, 0.3) is 0 Å². The van der Waals surface area contributed by atoms with Gasteiger partial charge in [0.05, 0.1) is 27.9 Å². The van der Waals surface area contributed by atoms with Crippen LogP contribution in [0.25, 0.3) is 0 Å². The number of hydrogen-bond donors (Lipinski definition) is 2. The molecule has 2 aromatic rings.